The third kappa shape index (κ3) is 4.77. The molecule has 0 fully saturated rings. The number of nitrogens with zero attached hydrogens (tertiary/aromatic N) is 2. The van der Waals surface area contributed by atoms with Crippen LogP contribution in [0.5, 0.6) is 0 Å². The Balaban J connectivity index is 1.14. The van der Waals surface area contributed by atoms with E-state index in [-0.39, 0.29) is 0 Å². The van der Waals surface area contributed by atoms with Crippen LogP contribution in [-0.2, 0) is 10.8 Å². The summed E-state index contributed by atoms with van der Waals surface area (Å²) in [6.07, 6.45) is 0. The molecule has 13 rings (SSSR count). The molecule has 0 saturated heterocycles. The third-order valence-corrected chi connectivity index (χ3v) is 13.3. The lowest BCUT2D eigenvalue weighted by Gasteiger charge is -2.35. The summed E-state index contributed by atoms with van der Waals surface area (Å²) in [4.78, 5) is 9.95. The number of benzene rings is 9. The topological polar surface area (TPSA) is 52.1 Å². The number of rotatable bonds is 6. The fraction of sp³-hybridized carbons (Fsp3) is 0.0345. The van der Waals surface area contributed by atoms with Crippen LogP contribution < -0.4 is 0 Å². The van der Waals surface area contributed by atoms with Gasteiger partial charge in [0.1, 0.15) is 11.0 Å². The maximum atomic E-state index is 6.44. The van der Waals surface area contributed by atoms with Crippen molar-refractivity contribution in [2.24, 2.45) is 0 Å². The van der Waals surface area contributed by atoms with Crippen molar-refractivity contribution in [3.05, 3.63) is 263 Å². The van der Waals surface area contributed by atoms with Gasteiger partial charge in [0.15, 0.2) is 11.2 Å². The van der Waals surface area contributed by atoms with Crippen LogP contribution in [0.1, 0.15) is 44.5 Å². The first-order valence-electron chi connectivity index (χ1n) is 21.1. The number of oxazole rings is 2. The predicted octanol–water partition coefficient (Wildman–Crippen LogP) is 14.0. The van der Waals surface area contributed by atoms with E-state index in [1.54, 1.807) is 0 Å². The van der Waals surface area contributed by atoms with Gasteiger partial charge in [0.05, 0.1) is 10.8 Å². The average molecular weight is 793 g/mol. The molecular formula is C58H36N2O2. The van der Waals surface area contributed by atoms with Crippen LogP contribution in [0.3, 0.4) is 0 Å². The minimum absolute atomic E-state index is 0.610. The third-order valence-electron chi connectivity index (χ3n) is 13.3. The first-order valence-corrected chi connectivity index (χ1v) is 21.1. The van der Waals surface area contributed by atoms with Crippen molar-refractivity contribution in [2.75, 3.05) is 0 Å². The van der Waals surface area contributed by atoms with Crippen LogP contribution in [0.15, 0.2) is 227 Å². The SMILES string of the molecule is c1ccc(C2(c3ccccc3)c3cc(-c4nc5ccccc5o4)ccc3-c3cc4c(cc32)-c2ccc(-c3nc5ccccc5o3)cc2C4(c2ccccc2)c2ccccc2)cc1. The Morgan fingerprint density at radius 3 is 0.968 bits per heavy atom. The minimum Gasteiger partial charge on any atom is -0.436 e. The van der Waals surface area contributed by atoms with Gasteiger partial charge in [-0.15, -0.1) is 0 Å². The summed E-state index contributed by atoms with van der Waals surface area (Å²) in [7, 11) is 0. The van der Waals surface area contributed by atoms with Crippen molar-refractivity contribution in [1.82, 2.24) is 9.97 Å². The van der Waals surface area contributed by atoms with E-state index in [2.05, 4.69) is 170 Å². The van der Waals surface area contributed by atoms with E-state index in [9.17, 15) is 0 Å². The van der Waals surface area contributed by atoms with Gasteiger partial charge in [0.25, 0.3) is 0 Å². The lowest BCUT2D eigenvalue weighted by Crippen LogP contribution is -2.30. The molecule has 0 unspecified atom stereocenters. The fourth-order valence-corrected chi connectivity index (χ4v) is 10.7. The molecule has 0 spiro atoms. The fourth-order valence-electron chi connectivity index (χ4n) is 10.7. The van der Waals surface area contributed by atoms with Gasteiger partial charge in [0, 0.05) is 11.1 Å². The number of fused-ring (bicyclic) bond motifs is 8. The molecule has 2 aliphatic carbocycles. The largest absolute Gasteiger partial charge is 0.436 e. The van der Waals surface area contributed by atoms with Gasteiger partial charge >= 0.3 is 0 Å². The predicted molar refractivity (Wildman–Crippen MR) is 247 cm³/mol. The van der Waals surface area contributed by atoms with Crippen molar-refractivity contribution < 1.29 is 8.83 Å². The summed E-state index contributed by atoms with van der Waals surface area (Å²) in [6.45, 7) is 0. The number of hydrogen-bond acceptors (Lipinski definition) is 4. The van der Waals surface area contributed by atoms with E-state index < -0.39 is 10.8 Å². The summed E-state index contributed by atoms with van der Waals surface area (Å²) >= 11 is 0. The Kier molecular flexibility index (Phi) is 7.40. The van der Waals surface area contributed by atoms with Crippen molar-refractivity contribution in [2.45, 2.75) is 10.8 Å². The summed E-state index contributed by atoms with van der Waals surface area (Å²) in [5, 5.41) is 0. The maximum Gasteiger partial charge on any atom is 0.227 e. The molecule has 2 heterocycles. The van der Waals surface area contributed by atoms with Crippen LogP contribution in [0.4, 0.5) is 0 Å². The number of hydrogen-bond donors (Lipinski definition) is 0. The van der Waals surface area contributed by atoms with Crippen LogP contribution in [0, 0.1) is 0 Å². The highest BCUT2D eigenvalue weighted by Gasteiger charge is 2.51. The standard InChI is InChI=1S/C58H36N2O2/c1-5-17-39(18-6-1)57(40-19-7-2-8-20-40)47-33-37(55-59-51-25-13-15-27-53(51)61-55)29-31-43(47)45-36-50-46(35-49(45)57)44-32-30-38(56-60-52-26-14-16-28-54(52)62-56)34-48(44)58(50,41-21-9-3-10-22-41)42-23-11-4-12-24-42/h1-36H. The summed E-state index contributed by atoms with van der Waals surface area (Å²) in [6, 6.07) is 78.5. The van der Waals surface area contributed by atoms with Crippen LogP contribution in [0.25, 0.3) is 67.4 Å². The second kappa shape index (κ2) is 13.2. The molecule has 62 heavy (non-hydrogen) atoms. The first kappa shape index (κ1) is 34.8. The van der Waals surface area contributed by atoms with Crippen molar-refractivity contribution in [1.29, 1.82) is 0 Å². The quantitative estimate of drug-likeness (QED) is 0.168. The molecule has 11 aromatic rings. The Bertz CT molecular complexity index is 3130. The highest BCUT2D eigenvalue weighted by Crippen LogP contribution is 2.63. The Labute approximate surface area is 358 Å². The summed E-state index contributed by atoms with van der Waals surface area (Å²) in [5.74, 6) is 1.22. The zero-order chi connectivity index (χ0) is 40.8. The lowest BCUT2D eigenvalue weighted by atomic mass is 9.66. The highest BCUT2D eigenvalue weighted by molar-refractivity contribution is 5.96. The molecule has 0 amide bonds. The van der Waals surface area contributed by atoms with E-state index in [1.165, 1.54) is 66.8 Å². The van der Waals surface area contributed by atoms with Gasteiger partial charge in [0.2, 0.25) is 11.8 Å². The molecule has 4 heteroatoms. The van der Waals surface area contributed by atoms with Gasteiger partial charge < -0.3 is 8.83 Å². The minimum atomic E-state index is -0.659. The average Bonchev–Trinajstić information content (AvgIpc) is 4.11. The van der Waals surface area contributed by atoms with Crippen molar-refractivity contribution in [3.8, 4) is 45.2 Å². The van der Waals surface area contributed by atoms with Crippen molar-refractivity contribution in [3.63, 3.8) is 0 Å². The molecule has 2 aliphatic rings. The van der Waals surface area contributed by atoms with Crippen LogP contribution >= 0.6 is 0 Å². The molecule has 2 aromatic heterocycles. The Morgan fingerprint density at radius 2 is 0.613 bits per heavy atom. The second-order valence-corrected chi connectivity index (χ2v) is 16.4. The monoisotopic (exact) mass is 792 g/mol. The van der Waals surface area contributed by atoms with Gasteiger partial charge in [-0.3, -0.25) is 0 Å². The van der Waals surface area contributed by atoms with Crippen LogP contribution in [0.2, 0.25) is 0 Å². The van der Waals surface area contributed by atoms with Gasteiger partial charge in [-0.1, -0.05) is 158 Å². The zero-order valence-electron chi connectivity index (χ0n) is 33.5. The van der Waals surface area contributed by atoms with E-state index in [1.807, 2.05) is 48.5 Å². The van der Waals surface area contributed by atoms with Crippen molar-refractivity contribution >= 4 is 22.2 Å². The van der Waals surface area contributed by atoms with Crippen LogP contribution in [-0.4, -0.2) is 9.97 Å². The molecule has 0 aliphatic heterocycles. The molecule has 290 valence electrons. The Morgan fingerprint density at radius 1 is 0.290 bits per heavy atom. The molecule has 4 nitrogen and oxygen atoms in total. The lowest BCUT2D eigenvalue weighted by molar-refractivity contribution is 0.619. The van der Waals surface area contributed by atoms with E-state index in [0.717, 1.165) is 33.3 Å². The zero-order valence-corrected chi connectivity index (χ0v) is 33.5. The summed E-state index contributed by atoms with van der Waals surface area (Å²) < 4.78 is 12.9. The molecule has 0 bridgehead atoms. The molecule has 0 atom stereocenters. The molecule has 9 aromatic carbocycles. The maximum absolute atomic E-state index is 6.44. The summed E-state index contributed by atoms with van der Waals surface area (Å²) in [5.41, 5.74) is 18.3. The number of aromatic nitrogens is 2. The van der Waals surface area contributed by atoms with E-state index in [4.69, 9.17) is 18.8 Å². The normalized spacial score (nSPS) is 14.1. The molecule has 0 saturated carbocycles. The van der Waals surface area contributed by atoms with Gasteiger partial charge in [-0.25, -0.2) is 9.97 Å². The van der Waals surface area contributed by atoms with Gasteiger partial charge in [-0.2, -0.15) is 0 Å². The molecule has 0 radical (unpaired) electrons. The number of para-hydroxylation sites is 4. The first-order chi connectivity index (χ1) is 30.7. The molecule has 0 N–H and O–H groups in total. The van der Waals surface area contributed by atoms with E-state index in [0.29, 0.717) is 11.8 Å². The smallest absolute Gasteiger partial charge is 0.227 e. The van der Waals surface area contributed by atoms with E-state index >= 15 is 0 Å². The molecular weight excluding hydrogens is 757 g/mol. The van der Waals surface area contributed by atoms with Gasteiger partial charge in [-0.05, 0) is 127 Å². The Hall–Kier alpha value is -8.08. The second-order valence-electron chi connectivity index (χ2n) is 16.4. The highest BCUT2D eigenvalue weighted by atomic mass is 16.4.